The molecule has 0 saturated carbocycles. The summed E-state index contributed by atoms with van der Waals surface area (Å²) in [6, 6.07) is 2.11. The molecule has 0 spiro atoms. The Kier molecular flexibility index (Phi) is 5.73. The Morgan fingerprint density at radius 2 is 2.26 bits per heavy atom. The molecular weight excluding hydrogens is 276 g/mol. The molecule has 106 valence electrons. The van der Waals surface area contributed by atoms with Crippen molar-refractivity contribution in [3.8, 4) is 0 Å². The van der Waals surface area contributed by atoms with Crippen molar-refractivity contribution in [3.63, 3.8) is 0 Å². The molecule has 1 fully saturated rings. The summed E-state index contributed by atoms with van der Waals surface area (Å²) in [7, 11) is 1.91. The molecule has 1 aromatic heterocycles. The molecule has 1 aliphatic rings. The Labute approximate surface area is 123 Å². The quantitative estimate of drug-likeness (QED) is 0.906. The summed E-state index contributed by atoms with van der Waals surface area (Å²) in [6.07, 6.45) is 2.37. The van der Waals surface area contributed by atoms with E-state index >= 15 is 0 Å². The highest BCUT2D eigenvalue weighted by molar-refractivity contribution is 8.00. The van der Waals surface area contributed by atoms with Gasteiger partial charge in [0.15, 0.2) is 0 Å². The van der Waals surface area contributed by atoms with E-state index in [0.717, 1.165) is 19.6 Å². The predicted molar refractivity (Wildman–Crippen MR) is 83.9 cm³/mol. The van der Waals surface area contributed by atoms with Gasteiger partial charge in [-0.1, -0.05) is 0 Å². The minimum absolute atomic E-state index is 0.247. The number of hydrogen-bond donors (Lipinski definition) is 1. The number of carbonyl (C=O) groups is 1. The van der Waals surface area contributed by atoms with Gasteiger partial charge in [-0.3, -0.25) is 4.79 Å². The summed E-state index contributed by atoms with van der Waals surface area (Å²) in [5, 5.41) is 6.10. The summed E-state index contributed by atoms with van der Waals surface area (Å²) in [6.45, 7) is 5.04. The van der Waals surface area contributed by atoms with Crippen molar-refractivity contribution in [1.82, 2.24) is 10.2 Å². The van der Waals surface area contributed by atoms with E-state index in [1.807, 2.05) is 23.7 Å². The zero-order valence-corrected chi connectivity index (χ0v) is 13.3. The summed E-state index contributed by atoms with van der Waals surface area (Å²) in [5.74, 6) is 0.863. The summed E-state index contributed by atoms with van der Waals surface area (Å²) in [5.41, 5.74) is 1.29. The van der Waals surface area contributed by atoms with Gasteiger partial charge in [0, 0.05) is 17.2 Å². The third-order valence-corrected chi connectivity index (χ3v) is 5.87. The van der Waals surface area contributed by atoms with Gasteiger partial charge in [-0.2, -0.15) is 0 Å². The summed E-state index contributed by atoms with van der Waals surface area (Å²) in [4.78, 5) is 15.3. The van der Waals surface area contributed by atoms with Crippen LogP contribution >= 0.6 is 23.1 Å². The number of nitrogens with one attached hydrogen (secondary N) is 1. The third kappa shape index (κ3) is 4.51. The van der Waals surface area contributed by atoms with Crippen LogP contribution < -0.4 is 5.32 Å². The lowest BCUT2D eigenvalue weighted by molar-refractivity contribution is -0.127. The molecule has 0 unspecified atom stereocenters. The SMILES string of the molecule is Cc1ccsc1CN(C)C(=O)CSC1CCNCC1. The first-order valence-corrected chi connectivity index (χ1v) is 8.69. The first-order valence-electron chi connectivity index (χ1n) is 6.76. The van der Waals surface area contributed by atoms with Crippen LogP contribution in [-0.4, -0.2) is 41.9 Å². The van der Waals surface area contributed by atoms with Crippen LogP contribution in [0.15, 0.2) is 11.4 Å². The van der Waals surface area contributed by atoms with Crippen LogP contribution in [-0.2, 0) is 11.3 Å². The van der Waals surface area contributed by atoms with Crippen molar-refractivity contribution < 1.29 is 4.79 Å². The van der Waals surface area contributed by atoms with Crippen LogP contribution in [0.1, 0.15) is 23.3 Å². The molecule has 1 aliphatic heterocycles. The van der Waals surface area contributed by atoms with E-state index in [4.69, 9.17) is 0 Å². The predicted octanol–water partition coefficient (Wildman–Crippen LogP) is 2.50. The monoisotopic (exact) mass is 298 g/mol. The number of thioether (sulfide) groups is 1. The van der Waals surface area contributed by atoms with Crippen LogP contribution in [0.5, 0.6) is 0 Å². The number of thiophene rings is 1. The fraction of sp³-hybridized carbons (Fsp3) is 0.643. The van der Waals surface area contributed by atoms with Crippen molar-refractivity contribution in [2.24, 2.45) is 0 Å². The molecule has 5 heteroatoms. The van der Waals surface area contributed by atoms with Crippen molar-refractivity contribution in [2.75, 3.05) is 25.9 Å². The van der Waals surface area contributed by atoms with Crippen molar-refractivity contribution in [2.45, 2.75) is 31.6 Å². The average molecular weight is 298 g/mol. The van der Waals surface area contributed by atoms with Gasteiger partial charge < -0.3 is 10.2 Å². The highest BCUT2D eigenvalue weighted by atomic mass is 32.2. The molecule has 2 heterocycles. The minimum atomic E-state index is 0.247. The van der Waals surface area contributed by atoms with Crippen LogP contribution in [0, 0.1) is 6.92 Å². The minimum Gasteiger partial charge on any atom is -0.340 e. The van der Waals surface area contributed by atoms with Gasteiger partial charge in [-0.25, -0.2) is 0 Å². The molecule has 0 radical (unpaired) electrons. The van der Waals surface area contributed by atoms with Gasteiger partial charge in [0.05, 0.1) is 12.3 Å². The number of hydrogen-bond acceptors (Lipinski definition) is 4. The van der Waals surface area contributed by atoms with E-state index < -0.39 is 0 Å². The first kappa shape index (κ1) is 14.9. The van der Waals surface area contributed by atoms with Gasteiger partial charge in [-0.05, 0) is 49.9 Å². The molecule has 2 rings (SSSR count). The number of carbonyl (C=O) groups excluding carboxylic acids is 1. The van der Waals surface area contributed by atoms with Gasteiger partial charge >= 0.3 is 0 Å². The van der Waals surface area contributed by atoms with Gasteiger partial charge in [0.1, 0.15) is 0 Å². The third-order valence-electron chi connectivity index (χ3n) is 3.50. The smallest absolute Gasteiger partial charge is 0.232 e. The molecule has 0 aliphatic carbocycles. The molecule has 0 bridgehead atoms. The Balaban J connectivity index is 1.74. The van der Waals surface area contributed by atoms with Crippen molar-refractivity contribution >= 4 is 29.0 Å². The Morgan fingerprint density at radius 3 is 2.89 bits per heavy atom. The number of nitrogens with zero attached hydrogens (tertiary/aromatic N) is 1. The van der Waals surface area contributed by atoms with Gasteiger partial charge in [-0.15, -0.1) is 23.1 Å². The normalized spacial score (nSPS) is 16.5. The first-order chi connectivity index (χ1) is 9.16. The Bertz CT molecular complexity index is 413. The summed E-state index contributed by atoms with van der Waals surface area (Å²) >= 11 is 3.56. The van der Waals surface area contributed by atoms with E-state index in [1.165, 1.54) is 23.3 Å². The van der Waals surface area contributed by atoms with Crippen LogP contribution in [0.3, 0.4) is 0 Å². The maximum absolute atomic E-state index is 12.1. The van der Waals surface area contributed by atoms with Crippen LogP contribution in [0.25, 0.3) is 0 Å². The lowest BCUT2D eigenvalue weighted by atomic mass is 10.2. The molecule has 1 aromatic rings. The number of piperidine rings is 1. The molecule has 0 atom stereocenters. The van der Waals surface area contributed by atoms with Crippen molar-refractivity contribution in [1.29, 1.82) is 0 Å². The zero-order valence-electron chi connectivity index (χ0n) is 11.6. The maximum atomic E-state index is 12.1. The fourth-order valence-corrected chi connectivity index (χ4v) is 4.26. The number of amides is 1. The standard InChI is InChI=1S/C14H22N2OS2/c1-11-5-8-18-13(11)9-16(2)14(17)10-19-12-3-6-15-7-4-12/h5,8,12,15H,3-4,6-7,9-10H2,1-2H3. The van der Waals surface area contributed by atoms with Gasteiger partial charge in [0.2, 0.25) is 5.91 Å². The Hall–Kier alpha value is -0.520. The van der Waals surface area contributed by atoms with Gasteiger partial charge in [0.25, 0.3) is 0 Å². The van der Waals surface area contributed by atoms with Crippen molar-refractivity contribution in [3.05, 3.63) is 21.9 Å². The second kappa shape index (κ2) is 7.31. The molecule has 1 amide bonds. The average Bonchev–Trinajstić information content (AvgIpc) is 2.82. The topological polar surface area (TPSA) is 32.3 Å². The number of aryl methyl sites for hydroxylation is 1. The van der Waals surface area contributed by atoms with E-state index in [1.54, 1.807) is 11.3 Å². The highest BCUT2D eigenvalue weighted by Crippen LogP contribution is 2.21. The van der Waals surface area contributed by atoms with E-state index in [-0.39, 0.29) is 5.91 Å². The largest absolute Gasteiger partial charge is 0.340 e. The molecule has 1 N–H and O–H groups in total. The maximum Gasteiger partial charge on any atom is 0.232 e. The zero-order chi connectivity index (χ0) is 13.7. The van der Waals surface area contributed by atoms with Crippen LogP contribution in [0.4, 0.5) is 0 Å². The molecular formula is C14H22N2OS2. The molecule has 0 aromatic carbocycles. The van der Waals surface area contributed by atoms with E-state index in [2.05, 4.69) is 23.7 Å². The summed E-state index contributed by atoms with van der Waals surface area (Å²) < 4.78 is 0. The Morgan fingerprint density at radius 1 is 1.53 bits per heavy atom. The molecule has 3 nitrogen and oxygen atoms in total. The highest BCUT2D eigenvalue weighted by Gasteiger charge is 2.17. The molecule has 1 saturated heterocycles. The lowest BCUT2D eigenvalue weighted by Crippen LogP contribution is -2.32. The lowest BCUT2D eigenvalue weighted by Gasteiger charge is -2.23. The molecule has 19 heavy (non-hydrogen) atoms. The fourth-order valence-electron chi connectivity index (χ4n) is 2.13. The van der Waals surface area contributed by atoms with E-state index in [9.17, 15) is 4.79 Å². The second-order valence-electron chi connectivity index (χ2n) is 5.04. The van der Waals surface area contributed by atoms with Crippen LogP contribution in [0.2, 0.25) is 0 Å². The van der Waals surface area contributed by atoms with E-state index in [0.29, 0.717) is 11.0 Å². The number of rotatable bonds is 5. The second-order valence-corrected chi connectivity index (χ2v) is 7.33.